The van der Waals surface area contributed by atoms with Gasteiger partial charge in [0.2, 0.25) is 0 Å². The Morgan fingerprint density at radius 2 is 1.06 bits per heavy atom. The van der Waals surface area contributed by atoms with Gasteiger partial charge in [-0.15, -0.1) is 0 Å². The van der Waals surface area contributed by atoms with Crippen molar-refractivity contribution in [3.63, 3.8) is 0 Å². The van der Waals surface area contributed by atoms with Gasteiger partial charge in [0.1, 0.15) is 11.2 Å². The van der Waals surface area contributed by atoms with Crippen molar-refractivity contribution < 1.29 is 19.1 Å². The van der Waals surface area contributed by atoms with Gasteiger partial charge in [0.15, 0.2) is 0 Å². The maximum Gasteiger partial charge on any atom is 0.303 e. The van der Waals surface area contributed by atoms with Crippen LogP contribution in [0.5, 0.6) is 0 Å². The summed E-state index contributed by atoms with van der Waals surface area (Å²) in [4.78, 5) is 21.6. The zero-order valence-electron chi connectivity index (χ0n) is 10.8. The third-order valence-corrected chi connectivity index (χ3v) is 1.70. The highest BCUT2D eigenvalue weighted by Crippen LogP contribution is 2.17. The minimum atomic E-state index is -0.705. The molecule has 92 valence electrons. The Hall–Kier alpha value is -1.32. The lowest BCUT2D eigenvalue weighted by molar-refractivity contribution is -0.152. The molecule has 0 saturated heterocycles. The lowest BCUT2D eigenvalue weighted by Gasteiger charge is -2.24. The van der Waals surface area contributed by atoms with Crippen LogP contribution < -0.4 is 0 Å². The molecule has 0 aliphatic carbocycles. The summed E-state index contributed by atoms with van der Waals surface area (Å²) in [5.74, 6) is -0.695. The molecular weight excluding hydrogens is 208 g/mol. The first-order valence-corrected chi connectivity index (χ1v) is 5.14. The number of hydrogen-bond acceptors (Lipinski definition) is 4. The molecule has 4 nitrogen and oxygen atoms in total. The van der Waals surface area contributed by atoms with Gasteiger partial charge in [-0.05, 0) is 39.8 Å². The summed E-state index contributed by atoms with van der Waals surface area (Å²) in [6, 6.07) is 0. The van der Waals surface area contributed by atoms with Crippen LogP contribution in [0, 0.1) is 0 Å². The maximum absolute atomic E-state index is 10.8. The molecule has 0 aliphatic rings. The molecule has 0 unspecified atom stereocenters. The third kappa shape index (κ3) is 7.04. The number of rotatable bonds is 4. The second-order valence-electron chi connectivity index (χ2n) is 4.73. The molecule has 0 radical (unpaired) electrons. The van der Waals surface area contributed by atoms with Gasteiger partial charge in [0.05, 0.1) is 0 Å². The smallest absolute Gasteiger partial charge is 0.303 e. The first kappa shape index (κ1) is 14.7. The lowest BCUT2D eigenvalue weighted by atomic mass is 10.0. The summed E-state index contributed by atoms with van der Waals surface area (Å²) in [7, 11) is 0. The monoisotopic (exact) mass is 228 g/mol. The van der Waals surface area contributed by atoms with E-state index in [0.29, 0.717) is 0 Å². The molecule has 0 amide bonds. The van der Waals surface area contributed by atoms with Gasteiger partial charge in [0, 0.05) is 13.8 Å². The van der Waals surface area contributed by atoms with Crippen molar-refractivity contribution in [3.8, 4) is 0 Å². The number of esters is 2. The Labute approximate surface area is 96.6 Å². The van der Waals surface area contributed by atoms with Crippen molar-refractivity contribution in [2.75, 3.05) is 0 Å². The topological polar surface area (TPSA) is 52.6 Å². The van der Waals surface area contributed by atoms with Crippen LogP contribution in [0.3, 0.4) is 0 Å². The van der Waals surface area contributed by atoms with E-state index >= 15 is 0 Å². The first-order chi connectivity index (χ1) is 7.04. The van der Waals surface area contributed by atoms with Crippen LogP contribution in [-0.4, -0.2) is 23.1 Å². The zero-order chi connectivity index (χ0) is 13.0. The van der Waals surface area contributed by atoms with E-state index in [-0.39, 0.29) is 11.9 Å². The Balaban J connectivity index is 4.56. The van der Waals surface area contributed by atoms with Crippen molar-refractivity contribution in [1.82, 2.24) is 0 Å². The molecule has 4 heteroatoms. The highest BCUT2D eigenvalue weighted by Gasteiger charge is 2.22. The molecule has 0 aromatic heterocycles. The highest BCUT2D eigenvalue weighted by molar-refractivity contribution is 5.67. The molecule has 0 fully saturated rings. The maximum atomic E-state index is 10.8. The number of ether oxygens (including phenoxy) is 2. The average Bonchev–Trinajstić information content (AvgIpc) is 1.96. The predicted octanol–water partition coefficient (Wildman–Crippen LogP) is 2.23. The van der Waals surface area contributed by atoms with Crippen LogP contribution in [-0.2, 0) is 19.1 Å². The van der Waals surface area contributed by atoms with Crippen LogP contribution in [0.15, 0.2) is 12.2 Å². The molecule has 0 aliphatic heterocycles. The van der Waals surface area contributed by atoms with Gasteiger partial charge < -0.3 is 9.47 Å². The summed E-state index contributed by atoms with van der Waals surface area (Å²) in [6.45, 7) is 9.74. The lowest BCUT2D eigenvalue weighted by Crippen LogP contribution is -2.28. The third-order valence-electron chi connectivity index (χ3n) is 1.70. The van der Waals surface area contributed by atoms with E-state index in [0.717, 1.165) is 0 Å². The Kier molecular flexibility index (Phi) is 4.72. The van der Waals surface area contributed by atoms with E-state index in [4.69, 9.17) is 9.47 Å². The van der Waals surface area contributed by atoms with E-state index in [9.17, 15) is 9.59 Å². The fraction of sp³-hybridized carbons (Fsp3) is 0.667. The Bertz CT molecular complexity index is 270. The average molecular weight is 228 g/mol. The van der Waals surface area contributed by atoms with Crippen LogP contribution in [0.1, 0.15) is 41.5 Å². The van der Waals surface area contributed by atoms with Gasteiger partial charge in [-0.2, -0.15) is 0 Å². The van der Waals surface area contributed by atoms with Gasteiger partial charge in [-0.3, -0.25) is 9.59 Å². The fourth-order valence-electron chi connectivity index (χ4n) is 1.21. The van der Waals surface area contributed by atoms with Crippen molar-refractivity contribution >= 4 is 11.9 Å². The van der Waals surface area contributed by atoms with Crippen LogP contribution in [0.2, 0.25) is 0 Å². The zero-order valence-corrected chi connectivity index (χ0v) is 10.8. The highest BCUT2D eigenvalue weighted by atomic mass is 16.6. The predicted molar refractivity (Wildman–Crippen MR) is 60.8 cm³/mol. The van der Waals surface area contributed by atoms with Gasteiger partial charge in [-0.25, -0.2) is 0 Å². The molecule has 0 spiro atoms. The molecule has 0 saturated carbocycles. The van der Waals surface area contributed by atoms with Crippen molar-refractivity contribution in [2.24, 2.45) is 0 Å². The number of carbonyl (C=O) groups excluding carboxylic acids is 2. The molecular formula is C12H20O4. The van der Waals surface area contributed by atoms with Gasteiger partial charge in [0.25, 0.3) is 0 Å². The molecule has 0 rings (SSSR count). The van der Waals surface area contributed by atoms with E-state index in [1.807, 2.05) is 0 Å². The van der Waals surface area contributed by atoms with E-state index in [1.54, 1.807) is 39.8 Å². The van der Waals surface area contributed by atoms with E-state index in [1.165, 1.54) is 13.8 Å². The summed E-state index contributed by atoms with van der Waals surface area (Å²) in [5, 5.41) is 0. The molecule has 0 atom stereocenters. The van der Waals surface area contributed by atoms with Gasteiger partial charge in [-0.1, -0.05) is 0 Å². The van der Waals surface area contributed by atoms with Crippen LogP contribution >= 0.6 is 0 Å². The van der Waals surface area contributed by atoms with Crippen molar-refractivity contribution in [2.45, 2.75) is 52.7 Å². The number of carbonyl (C=O) groups is 2. The molecule has 0 aromatic rings. The summed E-state index contributed by atoms with van der Waals surface area (Å²) < 4.78 is 10.1. The second-order valence-corrected chi connectivity index (χ2v) is 4.73. The second kappa shape index (κ2) is 5.14. The van der Waals surface area contributed by atoms with Crippen LogP contribution in [0.4, 0.5) is 0 Å². The summed E-state index contributed by atoms with van der Waals surface area (Å²) in [6.07, 6.45) is 3.41. The first-order valence-electron chi connectivity index (χ1n) is 5.14. The quantitative estimate of drug-likeness (QED) is 0.547. The van der Waals surface area contributed by atoms with Crippen molar-refractivity contribution in [1.29, 1.82) is 0 Å². The molecule has 16 heavy (non-hydrogen) atoms. The summed E-state index contributed by atoms with van der Waals surface area (Å²) in [5.41, 5.74) is -1.41. The van der Waals surface area contributed by atoms with E-state index in [2.05, 4.69) is 0 Å². The molecule has 0 heterocycles. The van der Waals surface area contributed by atoms with Crippen LogP contribution in [0.25, 0.3) is 0 Å². The van der Waals surface area contributed by atoms with Crippen molar-refractivity contribution in [3.05, 3.63) is 12.2 Å². The van der Waals surface area contributed by atoms with Gasteiger partial charge >= 0.3 is 11.9 Å². The largest absolute Gasteiger partial charge is 0.456 e. The minimum Gasteiger partial charge on any atom is -0.456 e. The molecule has 0 aromatic carbocycles. The normalized spacial score (nSPS) is 12.6. The Morgan fingerprint density at radius 1 is 0.812 bits per heavy atom. The van der Waals surface area contributed by atoms with E-state index < -0.39 is 11.2 Å². The fourth-order valence-corrected chi connectivity index (χ4v) is 1.21. The molecule has 0 N–H and O–H groups in total. The molecule has 0 bridgehead atoms. The SMILES string of the molecule is CC(=O)OC(C)(C)/C=C/C(C)(C)OC(C)=O. The summed E-state index contributed by atoms with van der Waals surface area (Å²) >= 11 is 0. The minimum absolute atomic E-state index is 0.347. The number of hydrogen-bond donors (Lipinski definition) is 0. The Morgan fingerprint density at radius 3 is 1.25 bits per heavy atom. The standard InChI is InChI=1S/C12H20O4/c1-9(13)15-11(3,4)7-8-12(5,6)16-10(2)14/h7-8H,1-6H3/b8-7+.